The van der Waals surface area contributed by atoms with Crippen LogP contribution >= 0.6 is 11.8 Å². The van der Waals surface area contributed by atoms with Crippen LogP contribution in [0.15, 0.2) is 96.0 Å². The summed E-state index contributed by atoms with van der Waals surface area (Å²) in [6.45, 7) is 0.610. The molecule has 1 atom stereocenters. The van der Waals surface area contributed by atoms with E-state index in [0.29, 0.717) is 6.54 Å². The molecule has 2 N–H and O–H groups in total. The molecule has 0 aliphatic rings. The quantitative estimate of drug-likeness (QED) is 0.420. The maximum absolute atomic E-state index is 13.0. The fourth-order valence-electron chi connectivity index (χ4n) is 3.29. The zero-order valence-electron chi connectivity index (χ0n) is 15.5. The predicted octanol–water partition coefficient (Wildman–Crippen LogP) is 5.36. The molecule has 0 bridgehead atoms. The van der Waals surface area contributed by atoms with Crippen LogP contribution in [0.4, 0.5) is 0 Å². The Bertz CT molecular complexity index is 1040. The van der Waals surface area contributed by atoms with Crippen LogP contribution in [0, 0.1) is 0 Å². The van der Waals surface area contributed by atoms with Gasteiger partial charge in [-0.3, -0.25) is 4.79 Å². The van der Waals surface area contributed by atoms with Gasteiger partial charge in [-0.2, -0.15) is 0 Å². The van der Waals surface area contributed by atoms with Crippen molar-refractivity contribution < 1.29 is 4.79 Å². The van der Waals surface area contributed by atoms with Crippen LogP contribution in [0.3, 0.4) is 0 Å². The highest BCUT2D eigenvalue weighted by Crippen LogP contribution is 2.35. The summed E-state index contributed by atoms with van der Waals surface area (Å²) in [4.78, 5) is 17.4. The van der Waals surface area contributed by atoms with Gasteiger partial charge in [-0.15, -0.1) is 11.8 Å². The summed E-state index contributed by atoms with van der Waals surface area (Å²) in [6.07, 6.45) is 2.83. The number of benzene rings is 3. The Kier molecular flexibility index (Phi) is 5.78. The predicted molar refractivity (Wildman–Crippen MR) is 116 cm³/mol. The molecule has 4 heteroatoms. The molecule has 140 valence electrons. The number of aromatic nitrogens is 1. The van der Waals surface area contributed by atoms with Crippen LogP contribution in [-0.2, 0) is 11.2 Å². The fourth-order valence-corrected chi connectivity index (χ4v) is 4.36. The van der Waals surface area contributed by atoms with Crippen molar-refractivity contribution >= 4 is 28.6 Å². The lowest BCUT2D eigenvalue weighted by atomic mass is 10.1. The maximum Gasteiger partial charge on any atom is 0.238 e. The van der Waals surface area contributed by atoms with Crippen molar-refractivity contribution in [2.75, 3.05) is 6.54 Å². The Morgan fingerprint density at radius 1 is 0.893 bits per heavy atom. The molecule has 1 aromatic heterocycles. The Morgan fingerprint density at radius 2 is 1.57 bits per heavy atom. The molecule has 0 unspecified atom stereocenters. The number of amides is 1. The minimum absolute atomic E-state index is 0.0416. The van der Waals surface area contributed by atoms with Crippen molar-refractivity contribution in [2.45, 2.75) is 16.6 Å². The Morgan fingerprint density at radius 3 is 2.36 bits per heavy atom. The lowest BCUT2D eigenvalue weighted by Gasteiger charge is -2.17. The number of para-hydroxylation sites is 1. The molecular formula is C24H22N2OS. The number of fused-ring (bicyclic) bond motifs is 1. The number of aromatic amines is 1. The summed E-state index contributed by atoms with van der Waals surface area (Å²) in [5.41, 5.74) is 3.37. The summed E-state index contributed by atoms with van der Waals surface area (Å²) < 4.78 is 0. The maximum atomic E-state index is 13.0. The molecule has 0 saturated carbocycles. The van der Waals surface area contributed by atoms with Gasteiger partial charge < -0.3 is 10.3 Å². The van der Waals surface area contributed by atoms with Crippen LogP contribution in [0.25, 0.3) is 10.9 Å². The van der Waals surface area contributed by atoms with E-state index in [1.165, 1.54) is 10.9 Å². The van der Waals surface area contributed by atoms with Crippen LogP contribution in [0.2, 0.25) is 0 Å². The van der Waals surface area contributed by atoms with Gasteiger partial charge in [0, 0.05) is 28.5 Å². The van der Waals surface area contributed by atoms with Crippen LogP contribution < -0.4 is 5.32 Å². The second-order valence-corrected chi connectivity index (χ2v) is 7.80. The topological polar surface area (TPSA) is 44.9 Å². The summed E-state index contributed by atoms with van der Waals surface area (Å²) in [7, 11) is 0. The zero-order valence-corrected chi connectivity index (χ0v) is 16.3. The Labute approximate surface area is 169 Å². The van der Waals surface area contributed by atoms with Gasteiger partial charge in [0.25, 0.3) is 0 Å². The van der Waals surface area contributed by atoms with Gasteiger partial charge in [-0.05, 0) is 35.7 Å². The minimum atomic E-state index is -0.272. The van der Waals surface area contributed by atoms with Gasteiger partial charge in [0.15, 0.2) is 0 Å². The van der Waals surface area contributed by atoms with E-state index in [-0.39, 0.29) is 11.2 Å². The average Bonchev–Trinajstić information content (AvgIpc) is 3.16. The number of nitrogens with one attached hydrogen (secondary N) is 2. The average molecular weight is 387 g/mol. The number of thioether (sulfide) groups is 1. The molecule has 3 aromatic carbocycles. The molecule has 0 radical (unpaired) electrons. The van der Waals surface area contributed by atoms with Gasteiger partial charge in [0.1, 0.15) is 5.25 Å². The van der Waals surface area contributed by atoms with Gasteiger partial charge in [0.2, 0.25) is 5.91 Å². The van der Waals surface area contributed by atoms with Crippen molar-refractivity contribution in [3.8, 4) is 0 Å². The molecule has 0 fully saturated rings. The lowest BCUT2D eigenvalue weighted by Crippen LogP contribution is -2.29. The van der Waals surface area contributed by atoms with Gasteiger partial charge in [-0.1, -0.05) is 66.7 Å². The highest BCUT2D eigenvalue weighted by molar-refractivity contribution is 8.00. The van der Waals surface area contributed by atoms with Crippen LogP contribution in [0.5, 0.6) is 0 Å². The molecule has 4 aromatic rings. The number of hydrogen-bond acceptors (Lipinski definition) is 2. The van der Waals surface area contributed by atoms with Crippen molar-refractivity contribution in [1.29, 1.82) is 0 Å². The first kappa shape index (κ1) is 18.4. The number of carbonyl (C=O) groups is 1. The van der Waals surface area contributed by atoms with E-state index < -0.39 is 0 Å². The van der Waals surface area contributed by atoms with Crippen molar-refractivity contribution in [1.82, 2.24) is 10.3 Å². The van der Waals surface area contributed by atoms with E-state index in [2.05, 4.69) is 22.4 Å². The summed E-state index contributed by atoms with van der Waals surface area (Å²) in [5.74, 6) is 0.0416. The first-order valence-electron chi connectivity index (χ1n) is 9.40. The monoisotopic (exact) mass is 386 g/mol. The van der Waals surface area contributed by atoms with E-state index in [9.17, 15) is 4.79 Å². The number of hydrogen-bond donors (Lipinski definition) is 2. The van der Waals surface area contributed by atoms with Crippen LogP contribution in [-0.4, -0.2) is 17.4 Å². The van der Waals surface area contributed by atoms with E-state index in [1.54, 1.807) is 11.8 Å². The Balaban J connectivity index is 1.45. The molecule has 28 heavy (non-hydrogen) atoms. The largest absolute Gasteiger partial charge is 0.361 e. The summed E-state index contributed by atoms with van der Waals surface area (Å²) >= 11 is 1.58. The molecule has 0 saturated heterocycles. The molecule has 0 aliphatic carbocycles. The number of rotatable bonds is 7. The highest BCUT2D eigenvalue weighted by Gasteiger charge is 2.21. The molecule has 1 amide bonds. The second kappa shape index (κ2) is 8.81. The van der Waals surface area contributed by atoms with E-state index >= 15 is 0 Å². The molecule has 0 aliphatic heterocycles. The second-order valence-electron chi connectivity index (χ2n) is 6.62. The van der Waals surface area contributed by atoms with Crippen molar-refractivity contribution in [3.63, 3.8) is 0 Å². The summed E-state index contributed by atoms with van der Waals surface area (Å²) in [6, 6.07) is 28.3. The molecule has 3 nitrogen and oxygen atoms in total. The van der Waals surface area contributed by atoms with Gasteiger partial charge in [0.05, 0.1) is 0 Å². The lowest BCUT2D eigenvalue weighted by molar-refractivity contribution is -0.120. The normalized spacial score (nSPS) is 12.0. The molecule has 0 spiro atoms. The third-order valence-electron chi connectivity index (χ3n) is 4.71. The van der Waals surface area contributed by atoms with Crippen LogP contribution in [0.1, 0.15) is 16.4 Å². The van der Waals surface area contributed by atoms with Gasteiger partial charge >= 0.3 is 0 Å². The van der Waals surface area contributed by atoms with Gasteiger partial charge in [-0.25, -0.2) is 0 Å². The molecule has 4 rings (SSSR count). The minimum Gasteiger partial charge on any atom is -0.361 e. The first-order valence-corrected chi connectivity index (χ1v) is 10.3. The molecular weight excluding hydrogens is 364 g/mol. The fraction of sp³-hybridized carbons (Fsp3) is 0.125. The molecule has 1 heterocycles. The highest BCUT2D eigenvalue weighted by atomic mass is 32.2. The van der Waals surface area contributed by atoms with E-state index in [4.69, 9.17) is 0 Å². The number of carbonyl (C=O) groups excluding carboxylic acids is 1. The van der Waals surface area contributed by atoms with E-state index in [0.717, 1.165) is 22.4 Å². The standard InChI is InChI=1S/C24H22N2OS/c27-24(25-16-15-19-17-26-22-14-8-7-13-21(19)22)23(18-9-3-1-4-10-18)28-20-11-5-2-6-12-20/h1-14,17,23,26H,15-16H2,(H,25,27)/t23-/m1/s1. The third kappa shape index (κ3) is 4.29. The van der Waals surface area contributed by atoms with Crippen molar-refractivity contribution in [3.05, 3.63) is 102 Å². The van der Waals surface area contributed by atoms with Crippen molar-refractivity contribution in [2.24, 2.45) is 0 Å². The summed E-state index contributed by atoms with van der Waals surface area (Å²) in [5, 5.41) is 4.08. The van der Waals surface area contributed by atoms with E-state index in [1.807, 2.05) is 79.0 Å². The smallest absolute Gasteiger partial charge is 0.238 e. The zero-order chi connectivity index (χ0) is 19.2. The third-order valence-corrected chi connectivity index (χ3v) is 5.97. The SMILES string of the molecule is O=C(NCCc1c[nH]c2ccccc12)[C@H](Sc1ccccc1)c1ccccc1. The number of H-pyrrole nitrogens is 1. The Hall–Kier alpha value is -2.98. The first-order chi connectivity index (χ1) is 13.8.